The summed E-state index contributed by atoms with van der Waals surface area (Å²) < 4.78 is 10.5. The lowest BCUT2D eigenvalue weighted by Gasteiger charge is -2.11. The Balaban J connectivity index is 0.00000264. The number of hydrogen-bond donors (Lipinski definition) is 2. The van der Waals surface area contributed by atoms with Gasteiger partial charge in [-0.1, -0.05) is 12.1 Å². The predicted molar refractivity (Wildman–Crippen MR) is 104 cm³/mol. The van der Waals surface area contributed by atoms with Crippen LogP contribution in [-0.2, 0) is 12.8 Å². The third kappa shape index (κ3) is 6.94. The van der Waals surface area contributed by atoms with Crippen LogP contribution in [0, 0.1) is 0 Å². The van der Waals surface area contributed by atoms with E-state index in [0.29, 0.717) is 0 Å². The van der Waals surface area contributed by atoms with E-state index in [4.69, 9.17) is 9.15 Å². The van der Waals surface area contributed by atoms with E-state index in [9.17, 15) is 0 Å². The fraction of sp³-hybridized carbons (Fsp3) is 0.353. The van der Waals surface area contributed by atoms with E-state index >= 15 is 0 Å². The Bertz CT molecular complexity index is 585. The Hall–Kier alpha value is -1.70. The van der Waals surface area contributed by atoms with E-state index in [-0.39, 0.29) is 24.0 Å². The molecule has 0 unspecified atom stereocenters. The molecule has 1 aromatic carbocycles. The lowest BCUT2D eigenvalue weighted by molar-refractivity contribution is 0.414. The van der Waals surface area contributed by atoms with Gasteiger partial charge in [0.05, 0.1) is 13.4 Å². The molecule has 0 radical (unpaired) electrons. The van der Waals surface area contributed by atoms with E-state index in [1.165, 1.54) is 5.56 Å². The minimum Gasteiger partial charge on any atom is -0.497 e. The van der Waals surface area contributed by atoms with Crippen molar-refractivity contribution in [2.45, 2.75) is 12.8 Å². The van der Waals surface area contributed by atoms with Crippen molar-refractivity contribution in [3.8, 4) is 5.75 Å². The third-order valence-electron chi connectivity index (χ3n) is 3.31. The van der Waals surface area contributed by atoms with Gasteiger partial charge in [-0.25, -0.2) is 0 Å². The smallest absolute Gasteiger partial charge is 0.191 e. The first-order chi connectivity index (χ1) is 10.8. The molecule has 0 bridgehead atoms. The maximum atomic E-state index is 5.30. The molecule has 0 aliphatic carbocycles. The zero-order chi connectivity index (χ0) is 15.6. The highest BCUT2D eigenvalue weighted by Gasteiger charge is 2.00. The Morgan fingerprint density at radius 2 is 1.91 bits per heavy atom. The van der Waals surface area contributed by atoms with Crippen molar-refractivity contribution in [3.05, 3.63) is 54.0 Å². The van der Waals surface area contributed by atoms with Crippen molar-refractivity contribution in [3.63, 3.8) is 0 Å². The van der Waals surface area contributed by atoms with Crippen molar-refractivity contribution in [2.75, 3.05) is 27.2 Å². The van der Waals surface area contributed by atoms with Crippen LogP contribution in [0.4, 0.5) is 0 Å². The Morgan fingerprint density at radius 1 is 1.13 bits per heavy atom. The second-order valence-corrected chi connectivity index (χ2v) is 4.86. The molecule has 0 aliphatic heterocycles. The number of ether oxygens (including phenoxy) is 1. The Labute approximate surface area is 154 Å². The van der Waals surface area contributed by atoms with E-state index in [0.717, 1.165) is 43.4 Å². The van der Waals surface area contributed by atoms with Gasteiger partial charge >= 0.3 is 0 Å². The van der Waals surface area contributed by atoms with Gasteiger partial charge in [0.15, 0.2) is 5.96 Å². The fourth-order valence-electron chi connectivity index (χ4n) is 2.13. The van der Waals surface area contributed by atoms with Gasteiger partial charge < -0.3 is 19.8 Å². The van der Waals surface area contributed by atoms with Crippen LogP contribution in [0.25, 0.3) is 0 Å². The number of hydrogen-bond acceptors (Lipinski definition) is 3. The highest BCUT2D eigenvalue weighted by molar-refractivity contribution is 14.0. The van der Waals surface area contributed by atoms with Gasteiger partial charge in [-0.15, -0.1) is 24.0 Å². The topological polar surface area (TPSA) is 58.8 Å². The number of aliphatic imine (C=N–C) groups is 1. The molecular weight excluding hydrogens is 405 g/mol. The van der Waals surface area contributed by atoms with Crippen LogP contribution >= 0.6 is 24.0 Å². The lowest BCUT2D eigenvalue weighted by atomic mass is 10.1. The first-order valence-electron chi connectivity index (χ1n) is 7.41. The highest BCUT2D eigenvalue weighted by Crippen LogP contribution is 2.12. The largest absolute Gasteiger partial charge is 0.497 e. The van der Waals surface area contributed by atoms with Gasteiger partial charge in [-0.2, -0.15) is 0 Å². The molecule has 0 saturated heterocycles. The average Bonchev–Trinajstić information content (AvgIpc) is 3.07. The van der Waals surface area contributed by atoms with Crippen LogP contribution in [0.3, 0.4) is 0 Å². The minimum absolute atomic E-state index is 0. The molecule has 1 aromatic heterocycles. The molecule has 5 nitrogen and oxygen atoms in total. The number of methoxy groups -OCH3 is 1. The van der Waals surface area contributed by atoms with Gasteiger partial charge in [-0.3, -0.25) is 4.99 Å². The summed E-state index contributed by atoms with van der Waals surface area (Å²) in [6, 6.07) is 12.0. The van der Waals surface area contributed by atoms with Crippen LogP contribution in [0.5, 0.6) is 5.75 Å². The fourth-order valence-corrected chi connectivity index (χ4v) is 2.13. The van der Waals surface area contributed by atoms with E-state index in [1.54, 1.807) is 20.4 Å². The molecule has 126 valence electrons. The summed E-state index contributed by atoms with van der Waals surface area (Å²) in [5, 5.41) is 6.57. The van der Waals surface area contributed by atoms with Gasteiger partial charge in [-0.05, 0) is 36.2 Å². The normalized spacial score (nSPS) is 10.8. The van der Waals surface area contributed by atoms with Crippen LogP contribution in [-0.4, -0.2) is 33.2 Å². The summed E-state index contributed by atoms with van der Waals surface area (Å²) in [6.07, 6.45) is 3.44. The monoisotopic (exact) mass is 429 g/mol. The molecule has 0 spiro atoms. The quantitative estimate of drug-likeness (QED) is 0.404. The number of nitrogens with zero attached hydrogens (tertiary/aromatic N) is 1. The summed E-state index contributed by atoms with van der Waals surface area (Å²) in [5.41, 5.74) is 1.23. The number of furan rings is 1. The van der Waals surface area contributed by atoms with E-state index in [2.05, 4.69) is 27.8 Å². The van der Waals surface area contributed by atoms with Crippen molar-refractivity contribution in [2.24, 2.45) is 4.99 Å². The molecule has 0 fully saturated rings. The van der Waals surface area contributed by atoms with Crippen molar-refractivity contribution in [1.82, 2.24) is 10.6 Å². The van der Waals surface area contributed by atoms with Crippen LogP contribution in [0.2, 0.25) is 0 Å². The molecular formula is C17H24IN3O2. The second-order valence-electron chi connectivity index (χ2n) is 4.86. The first kappa shape index (κ1) is 19.3. The van der Waals surface area contributed by atoms with Gasteiger partial charge in [0.2, 0.25) is 0 Å². The zero-order valence-corrected chi connectivity index (χ0v) is 15.9. The Kier molecular flexibility index (Phi) is 9.20. The maximum absolute atomic E-state index is 5.30. The molecule has 6 heteroatoms. The number of guanidine groups is 1. The molecule has 0 aliphatic rings. The molecule has 2 rings (SSSR count). The predicted octanol–water partition coefficient (Wildman–Crippen LogP) is 2.86. The molecule has 23 heavy (non-hydrogen) atoms. The first-order valence-corrected chi connectivity index (χ1v) is 7.41. The van der Waals surface area contributed by atoms with Gasteiger partial charge in [0, 0.05) is 26.6 Å². The van der Waals surface area contributed by atoms with E-state index < -0.39 is 0 Å². The molecule has 2 N–H and O–H groups in total. The number of nitrogens with one attached hydrogen (secondary N) is 2. The summed E-state index contributed by atoms with van der Waals surface area (Å²) in [6.45, 7) is 1.60. The molecule has 0 atom stereocenters. The lowest BCUT2D eigenvalue weighted by Crippen LogP contribution is -2.39. The maximum Gasteiger partial charge on any atom is 0.191 e. The van der Waals surface area contributed by atoms with Gasteiger partial charge in [0.25, 0.3) is 0 Å². The van der Waals surface area contributed by atoms with E-state index in [1.807, 2.05) is 24.3 Å². The number of rotatable bonds is 7. The van der Waals surface area contributed by atoms with Gasteiger partial charge in [0.1, 0.15) is 11.5 Å². The van der Waals surface area contributed by atoms with Crippen molar-refractivity contribution >= 4 is 29.9 Å². The standard InChI is InChI=1S/C17H23N3O2.HI/c1-18-17(20-11-9-15-7-4-12-22-15)19-10-8-14-5-3-6-16(13-14)21-2;/h3-7,12-13H,8-11H2,1-2H3,(H2,18,19,20);1H. The molecule has 0 saturated carbocycles. The number of benzene rings is 1. The van der Waals surface area contributed by atoms with Crippen LogP contribution in [0.1, 0.15) is 11.3 Å². The summed E-state index contributed by atoms with van der Waals surface area (Å²) in [7, 11) is 3.45. The Morgan fingerprint density at radius 3 is 2.57 bits per heavy atom. The summed E-state index contributed by atoms with van der Waals surface area (Å²) >= 11 is 0. The third-order valence-corrected chi connectivity index (χ3v) is 3.31. The SMILES string of the molecule is CN=C(NCCc1cccc(OC)c1)NCCc1ccco1.I. The molecule has 2 aromatic rings. The van der Waals surface area contributed by atoms with Crippen molar-refractivity contribution in [1.29, 1.82) is 0 Å². The highest BCUT2D eigenvalue weighted by atomic mass is 127. The number of halogens is 1. The minimum atomic E-state index is 0. The molecule has 0 amide bonds. The summed E-state index contributed by atoms with van der Waals surface area (Å²) in [5.74, 6) is 2.66. The van der Waals surface area contributed by atoms with Crippen LogP contribution < -0.4 is 15.4 Å². The average molecular weight is 429 g/mol. The second kappa shape index (κ2) is 10.9. The van der Waals surface area contributed by atoms with Crippen LogP contribution in [0.15, 0.2) is 52.1 Å². The van der Waals surface area contributed by atoms with Crippen molar-refractivity contribution < 1.29 is 9.15 Å². The molecule has 1 heterocycles. The zero-order valence-electron chi connectivity index (χ0n) is 13.5. The summed E-state index contributed by atoms with van der Waals surface area (Å²) in [4.78, 5) is 4.21.